The van der Waals surface area contributed by atoms with Gasteiger partial charge in [-0.15, -0.1) is 10.2 Å². The number of hydrogen-bond donors (Lipinski definition) is 1. The highest BCUT2D eigenvalue weighted by Crippen LogP contribution is 2.30. The van der Waals surface area contributed by atoms with E-state index in [1.165, 1.54) is 5.56 Å². The number of hydrogen-bond acceptors (Lipinski definition) is 4. The van der Waals surface area contributed by atoms with Gasteiger partial charge in [0.15, 0.2) is 5.16 Å². The number of nitrogens with one attached hydrogen (secondary N) is 1. The smallest absolute Gasteiger partial charge is 0.195 e. The Morgan fingerprint density at radius 1 is 1.42 bits per heavy atom. The lowest BCUT2D eigenvalue weighted by Crippen LogP contribution is -2.14. The van der Waals surface area contributed by atoms with Gasteiger partial charge in [0, 0.05) is 23.5 Å². The van der Waals surface area contributed by atoms with Crippen molar-refractivity contribution < 1.29 is 0 Å². The minimum atomic E-state index is 0.740. The summed E-state index contributed by atoms with van der Waals surface area (Å²) >= 11 is 7.67. The summed E-state index contributed by atoms with van der Waals surface area (Å²) < 4.78 is 1.90. The molecule has 0 saturated carbocycles. The maximum atomic E-state index is 6.08. The van der Waals surface area contributed by atoms with Gasteiger partial charge in [0.05, 0.1) is 0 Å². The van der Waals surface area contributed by atoms with Crippen molar-refractivity contribution >= 4 is 23.4 Å². The van der Waals surface area contributed by atoms with Crippen LogP contribution in [0, 0.1) is 0 Å². The van der Waals surface area contributed by atoms with E-state index in [2.05, 4.69) is 28.5 Å². The fraction of sp³-hybridized carbons (Fsp3) is 0.385. The molecular weight excluding hydrogens is 280 g/mol. The molecule has 2 aromatic rings. The summed E-state index contributed by atoms with van der Waals surface area (Å²) in [5.74, 6) is 0. The number of rotatable bonds is 6. The van der Waals surface area contributed by atoms with Gasteiger partial charge in [-0.25, -0.2) is 0 Å². The van der Waals surface area contributed by atoms with Crippen LogP contribution in [0.3, 0.4) is 0 Å². The zero-order valence-corrected chi connectivity index (χ0v) is 12.6. The van der Waals surface area contributed by atoms with Crippen LogP contribution in [0.5, 0.6) is 0 Å². The molecule has 6 heteroatoms. The summed E-state index contributed by atoms with van der Waals surface area (Å²) in [6.07, 6.45) is 2.82. The van der Waals surface area contributed by atoms with Crippen LogP contribution < -0.4 is 5.32 Å². The number of halogens is 1. The Balaban J connectivity index is 2.17. The van der Waals surface area contributed by atoms with Crippen LogP contribution in [0.15, 0.2) is 34.6 Å². The fourth-order valence-corrected chi connectivity index (χ4v) is 2.80. The van der Waals surface area contributed by atoms with Gasteiger partial charge in [0.25, 0.3) is 0 Å². The predicted molar refractivity (Wildman–Crippen MR) is 78.6 cm³/mol. The maximum absolute atomic E-state index is 6.08. The summed E-state index contributed by atoms with van der Waals surface area (Å²) in [4.78, 5) is 1.12. The zero-order valence-electron chi connectivity index (χ0n) is 11.1. The van der Waals surface area contributed by atoms with Crippen LogP contribution in [-0.2, 0) is 13.6 Å². The molecule has 2 rings (SSSR count). The topological polar surface area (TPSA) is 42.7 Å². The van der Waals surface area contributed by atoms with Crippen LogP contribution in [0.1, 0.15) is 18.9 Å². The van der Waals surface area contributed by atoms with Gasteiger partial charge in [-0.1, -0.05) is 24.6 Å². The van der Waals surface area contributed by atoms with E-state index in [4.69, 9.17) is 11.6 Å². The van der Waals surface area contributed by atoms with Crippen molar-refractivity contribution in [1.29, 1.82) is 0 Å². The first-order valence-corrected chi connectivity index (χ1v) is 7.41. The molecule has 0 aliphatic carbocycles. The Morgan fingerprint density at radius 2 is 2.26 bits per heavy atom. The molecule has 1 heterocycles. The molecular formula is C13H17ClN4S. The van der Waals surface area contributed by atoms with E-state index in [0.29, 0.717) is 0 Å². The number of aryl methyl sites for hydroxylation is 1. The van der Waals surface area contributed by atoms with Gasteiger partial charge >= 0.3 is 0 Å². The first-order chi connectivity index (χ1) is 9.20. The van der Waals surface area contributed by atoms with Crippen molar-refractivity contribution in [2.45, 2.75) is 29.9 Å². The fourth-order valence-electron chi connectivity index (χ4n) is 1.63. The molecule has 1 aromatic heterocycles. The lowest BCUT2D eigenvalue weighted by Gasteiger charge is -2.10. The molecule has 19 heavy (non-hydrogen) atoms. The monoisotopic (exact) mass is 296 g/mol. The second-order valence-electron chi connectivity index (χ2n) is 4.26. The molecule has 4 nitrogen and oxygen atoms in total. The standard InChI is InChI=1S/C13H17ClN4S/c1-3-6-15-8-10-4-5-11(14)7-12(10)19-13-17-16-9-18(13)2/h4-5,7,9,15H,3,6,8H2,1-2H3. The first-order valence-electron chi connectivity index (χ1n) is 6.21. The van der Waals surface area contributed by atoms with E-state index in [9.17, 15) is 0 Å². The highest BCUT2D eigenvalue weighted by Gasteiger charge is 2.09. The lowest BCUT2D eigenvalue weighted by molar-refractivity contribution is 0.669. The average molecular weight is 297 g/mol. The van der Waals surface area contributed by atoms with Gasteiger partial charge in [-0.05, 0) is 42.4 Å². The van der Waals surface area contributed by atoms with Crippen LogP contribution in [0.25, 0.3) is 0 Å². The molecule has 0 fully saturated rings. The largest absolute Gasteiger partial charge is 0.313 e. The van der Waals surface area contributed by atoms with Gasteiger partial charge in [-0.3, -0.25) is 0 Å². The van der Waals surface area contributed by atoms with Crippen molar-refractivity contribution in [2.24, 2.45) is 7.05 Å². The second-order valence-corrected chi connectivity index (χ2v) is 5.70. The van der Waals surface area contributed by atoms with E-state index in [1.54, 1.807) is 18.1 Å². The minimum absolute atomic E-state index is 0.740. The summed E-state index contributed by atoms with van der Waals surface area (Å²) in [5, 5.41) is 13.0. The summed E-state index contributed by atoms with van der Waals surface area (Å²) in [5.41, 5.74) is 1.23. The molecule has 0 spiro atoms. The minimum Gasteiger partial charge on any atom is -0.313 e. The lowest BCUT2D eigenvalue weighted by atomic mass is 10.2. The van der Waals surface area contributed by atoms with Crippen LogP contribution in [-0.4, -0.2) is 21.3 Å². The molecule has 0 aliphatic heterocycles. The molecule has 102 valence electrons. The maximum Gasteiger partial charge on any atom is 0.195 e. The molecule has 1 aromatic carbocycles. The highest BCUT2D eigenvalue weighted by atomic mass is 35.5. The van der Waals surface area contributed by atoms with Crippen LogP contribution >= 0.6 is 23.4 Å². The van der Waals surface area contributed by atoms with E-state index in [-0.39, 0.29) is 0 Å². The Bertz CT molecular complexity index is 541. The van der Waals surface area contributed by atoms with E-state index < -0.39 is 0 Å². The number of aromatic nitrogens is 3. The molecule has 1 N–H and O–H groups in total. The molecule has 0 bridgehead atoms. The Hall–Kier alpha value is -1.04. The predicted octanol–water partition coefficient (Wildman–Crippen LogP) is 3.12. The molecule has 0 radical (unpaired) electrons. The van der Waals surface area contributed by atoms with Gasteiger partial charge in [-0.2, -0.15) is 0 Å². The molecule has 0 unspecified atom stereocenters. The SMILES string of the molecule is CCCNCc1ccc(Cl)cc1Sc1nncn1C. The summed E-state index contributed by atoms with van der Waals surface area (Å²) in [6.45, 7) is 4.01. The third kappa shape index (κ3) is 3.96. The quantitative estimate of drug-likeness (QED) is 0.832. The third-order valence-electron chi connectivity index (χ3n) is 2.64. The van der Waals surface area contributed by atoms with Gasteiger partial charge < -0.3 is 9.88 Å². The normalized spacial score (nSPS) is 10.9. The first kappa shape index (κ1) is 14.4. The summed E-state index contributed by atoms with van der Waals surface area (Å²) in [7, 11) is 1.93. The van der Waals surface area contributed by atoms with Crippen LogP contribution in [0.2, 0.25) is 5.02 Å². The number of benzene rings is 1. The van der Waals surface area contributed by atoms with Crippen LogP contribution in [0.4, 0.5) is 0 Å². The zero-order chi connectivity index (χ0) is 13.7. The van der Waals surface area contributed by atoms with Gasteiger partial charge in [0.1, 0.15) is 6.33 Å². The van der Waals surface area contributed by atoms with Gasteiger partial charge in [0.2, 0.25) is 0 Å². The molecule has 0 amide bonds. The van der Waals surface area contributed by atoms with Crippen molar-refractivity contribution in [2.75, 3.05) is 6.54 Å². The Morgan fingerprint density at radius 3 is 2.95 bits per heavy atom. The molecule has 0 saturated heterocycles. The van der Waals surface area contributed by atoms with Crippen molar-refractivity contribution in [3.63, 3.8) is 0 Å². The highest BCUT2D eigenvalue weighted by molar-refractivity contribution is 7.99. The van der Waals surface area contributed by atoms with Crippen molar-refractivity contribution in [3.8, 4) is 0 Å². The average Bonchev–Trinajstić information content (AvgIpc) is 2.78. The van der Waals surface area contributed by atoms with Crippen molar-refractivity contribution in [3.05, 3.63) is 35.1 Å². The van der Waals surface area contributed by atoms with E-state index in [0.717, 1.165) is 34.6 Å². The summed E-state index contributed by atoms with van der Waals surface area (Å²) in [6, 6.07) is 5.96. The van der Waals surface area contributed by atoms with Crippen molar-refractivity contribution in [1.82, 2.24) is 20.1 Å². The Labute approximate surface area is 122 Å². The molecule has 0 atom stereocenters. The third-order valence-corrected chi connectivity index (χ3v) is 4.03. The second kappa shape index (κ2) is 6.93. The number of nitrogens with zero attached hydrogens (tertiary/aromatic N) is 3. The van der Waals surface area contributed by atoms with E-state index in [1.807, 2.05) is 23.7 Å². The molecule has 0 aliphatic rings. The van der Waals surface area contributed by atoms with E-state index >= 15 is 0 Å². The Kier molecular flexibility index (Phi) is 5.24.